The molecule has 0 amide bonds. The van der Waals surface area contributed by atoms with Crippen LogP contribution in [0.25, 0.3) is 0 Å². The molecule has 0 aliphatic heterocycles. The standard InChI is InChI=1S/C16H25Cl2NO/c1-16(2,8-9-19-10-11-20-3)7-6-13-4-5-14(17)12-15(13)18/h4-5,12,19H,6-11H2,1-3H3. The van der Waals surface area contributed by atoms with E-state index in [2.05, 4.69) is 19.2 Å². The molecular formula is C16H25Cl2NO. The zero-order chi connectivity index (χ0) is 15.0. The van der Waals surface area contributed by atoms with Crippen molar-refractivity contribution in [1.29, 1.82) is 0 Å². The number of methoxy groups -OCH3 is 1. The monoisotopic (exact) mass is 317 g/mol. The molecule has 0 aliphatic carbocycles. The average molecular weight is 318 g/mol. The summed E-state index contributed by atoms with van der Waals surface area (Å²) in [6.07, 6.45) is 3.24. The maximum absolute atomic E-state index is 6.21. The van der Waals surface area contributed by atoms with Crippen LogP contribution in [0.5, 0.6) is 0 Å². The van der Waals surface area contributed by atoms with Crippen molar-refractivity contribution in [2.75, 3.05) is 26.8 Å². The van der Waals surface area contributed by atoms with Gasteiger partial charge in [0.05, 0.1) is 6.61 Å². The van der Waals surface area contributed by atoms with Gasteiger partial charge in [-0.05, 0) is 48.9 Å². The zero-order valence-corrected chi connectivity index (χ0v) is 14.2. The van der Waals surface area contributed by atoms with Crippen molar-refractivity contribution in [3.8, 4) is 0 Å². The fourth-order valence-electron chi connectivity index (χ4n) is 2.05. The predicted octanol–water partition coefficient (Wildman–Crippen LogP) is 4.58. The van der Waals surface area contributed by atoms with Gasteiger partial charge in [0.1, 0.15) is 0 Å². The van der Waals surface area contributed by atoms with E-state index >= 15 is 0 Å². The Labute approximate surface area is 132 Å². The summed E-state index contributed by atoms with van der Waals surface area (Å²) in [4.78, 5) is 0. The van der Waals surface area contributed by atoms with Crippen LogP contribution < -0.4 is 5.32 Å². The largest absolute Gasteiger partial charge is 0.383 e. The van der Waals surface area contributed by atoms with Gasteiger partial charge in [0.15, 0.2) is 0 Å². The van der Waals surface area contributed by atoms with Gasteiger partial charge >= 0.3 is 0 Å². The van der Waals surface area contributed by atoms with Crippen LogP contribution in [-0.4, -0.2) is 26.8 Å². The van der Waals surface area contributed by atoms with Crippen molar-refractivity contribution < 1.29 is 4.74 Å². The van der Waals surface area contributed by atoms with Crippen LogP contribution >= 0.6 is 23.2 Å². The maximum Gasteiger partial charge on any atom is 0.0587 e. The second kappa shape index (κ2) is 8.89. The first-order valence-corrected chi connectivity index (χ1v) is 7.84. The third kappa shape index (κ3) is 6.94. The Balaban J connectivity index is 2.34. The Morgan fingerprint density at radius 3 is 2.55 bits per heavy atom. The molecule has 0 aliphatic rings. The van der Waals surface area contributed by atoms with Crippen LogP contribution in [0.2, 0.25) is 10.0 Å². The van der Waals surface area contributed by atoms with E-state index < -0.39 is 0 Å². The van der Waals surface area contributed by atoms with E-state index in [1.807, 2.05) is 18.2 Å². The van der Waals surface area contributed by atoms with Crippen molar-refractivity contribution in [3.63, 3.8) is 0 Å². The van der Waals surface area contributed by atoms with Crippen LogP contribution in [0.3, 0.4) is 0 Å². The Hall–Kier alpha value is -0.280. The molecule has 0 unspecified atom stereocenters. The van der Waals surface area contributed by atoms with Crippen molar-refractivity contribution in [3.05, 3.63) is 33.8 Å². The van der Waals surface area contributed by atoms with Gasteiger partial charge in [-0.25, -0.2) is 0 Å². The van der Waals surface area contributed by atoms with Gasteiger partial charge in [-0.3, -0.25) is 0 Å². The predicted molar refractivity (Wildman–Crippen MR) is 87.9 cm³/mol. The Kier molecular flexibility index (Phi) is 7.90. The van der Waals surface area contributed by atoms with Gasteiger partial charge in [0, 0.05) is 23.7 Å². The number of rotatable bonds is 9. The lowest BCUT2D eigenvalue weighted by Gasteiger charge is -2.25. The highest BCUT2D eigenvalue weighted by atomic mass is 35.5. The molecule has 1 rings (SSSR count). The molecule has 1 aromatic rings. The third-order valence-electron chi connectivity index (χ3n) is 3.55. The van der Waals surface area contributed by atoms with Crippen LogP contribution in [0.15, 0.2) is 18.2 Å². The second-order valence-electron chi connectivity index (χ2n) is 5.89. The van der Waals surface area contributed by atoms with Gasteiger partial charge in [-0.2, -0.15) is 0 Å². The lowest BCUT2D eigenvalue weighted by molar-refractivity contribution is 0.197. The average Bonchev–Trinajstić information content (AvgIpc) is 2.37. The molecule has 4 heteroatoms. The first kappa shape index (κ1) is 17.8. The highest BCUT2D eigenvalue weighted by molar-refractivity contribution is 6.35. The van der Waals surface area contributed by atoms with E-state index in [1.165, 1.54) is 5.56 Å². The van der Waals surface area contributed by atoms with Gasteiger partial charge in [-0.1, -0.05) is 43.1 Å². The van der Waals surface area contributed by atoms with E-state index in [9.17, 15) is 0 Å². The summed E-state index contributed by atoms with van der Waals surface area (Å²) in [5, 5.41) is 4.86. The molecule has 0 spiro atoms. The molecule has 0 heterocycles. The SMILES string of the molecule is COCCNCCC(C)(C)CCc1ccc(Cl)cc1Cl. The van der Waals surface area contributed by atoms with Crippen LogP contribution in [0.1, 0.15) is 32.3 Å². The van der Waals surface area contributed by atoms with Crippen LogP contribution in [-0.2, 0) is 11.2 Å². The number of nitrogens with one attached hydrogen (secondary N) is 1. The minimum absolute atomic E-state index is 0.295. The zero-order valence-electron chi connectivity index (χ0n) is 12.6. The molecule has 0 atom stereocenters. The minimum atomic E-state index is 0.295. The van der Waals surface area contributed by atoms with Gasteiger partial charge in [0.25, 0.3) is 0 Å². The quantitative estimate of drug-likeness (QED) is 0.673. The van der Waals surface area contributed by atoms with Crippen molar-refractivity contribution in [2.45, 2.75) is 33.1 Å². The number of hydrogen-bond acceptors (Lipinski definition) is 2. The van der Waals surface area contributed by atoms with Crippen LogP contribution in [0.4, 0.5) is 0 Å². The Bertz CT molecular complexity index is 407. The summed E-state index contributed by atoms with van der Waals surface area (Å²) in [6, 6.07) is 5.75. The topological polar surface area (TPSA) is 21.3 Å². The number of halogens is 2. The normalized spacial score (nSPS) is 11.8. The minimum Gasteiger partial charge on any atom is -0.383 e. The summed E-state index contributed by atoms with van der Waals surface area (Å²) in [5.41, 5.74) is 1.47. The van der Waals surface area contributed by atoms with Gasteiger partial charge in [0.2, 0.25) is 0 Å². The first-order chi connectivity index (χ1) is 9.44. The fourth-order valence-corrected chi connectivity index (χ4v) is 2.55. The van der Waals surface area contributed by atoms with Crippen molar-refractivity contribution in [2.24, 2.45) is 5.41 Å². The molecule has 0 fully saturated rings. The fraction of sp³-hybridized carbons (Fsp3) is 0.625. The number of benzene rings is 1. The summed E-state index contributed by atoms with van der Waals surface area (Å²) in [5.74, 6) is 0. The summed E-state index contributed by atoms with van der Waals surface area (Å²) in [7, 11) is 1.72. The van der Waals surface area contributed by atoms with Crippen molar-refractivity contribution in [1.82, 2.24) is 5.32 Å². The summed E-state index contributed by atoms with van der Waals surface area (Å²) < 4.78 is 5.01. The molecule has 0 saturated carbocycles. The smallest absolute Gasteiger partial charge is 0.0587 e. The highest BCUT2D eigenvalue weighted by Crippen LogP contribution is 2.29. The molecule has 2 nitrogen and oxygen atoms in total. The summed E-state index contributed by atoms with van der Waals surface area (Å²) >= 11 is 12.1. The van der Waals surface area contributed by atoms with Crippen molar-refractivity contribution >= 4 is 23.2 Å². The van der Waals surface area contributed by atoms with E-state index in [-0.39, 0.29) is 0 Å². The molecule has 0 radical (unpaired) electrons. The molecular weight excluding hydrogens is 293 g/mol. The first-order valence-electron chi connectivity index (χ1n) is 7.08. The molecule has 0 aromatic heterocycles. The molecule has 1 N–H and O–H groups in total. The molecule has 1 aromatic carbocycles. The number of aryl methyl sites for hydroxylation is 1. The van der Waals surface area contributed by atoms with E-state index in [0.717, 1.165) is 44.0 Å². The van der Waals surface area contributed by atoms with Gasteiger partial charge in [-0.15, -0.1) is 0 Å². The Morgan fingerprint density at radius 2 is 1.90 bits per heavy atom. The van der Waals surface area contributed by atoms with E-state index in [1.54, 1.807) is 7.11 Å². The molecule has 20 heavy (non-hydrogen) atoms. The lowest BCUT2D eigenvalue weighted by Crippen LogP contribution is -2.25. The Morgan fingerprint density at radius 1 is 1.15 bits per heavy atom. The second-order valence-corrected chi connectivity index (χ2v) is 6.74. The number of ether oxygens (including phenoxy) is 1. The number of hydrogen-bond donors (Lipinski definition) is 1. The van der Waals surface area contributed by atoms with Crippen LogP contribution in [0, 0.1) is 5.41 Å². The molecule has 0 saturated heterocycles. The third-order valence-corrected chi connectivity index (χ3v) is 4.13. The highest BCUT2D eigenvalue weighted by Gasteiger charge is 2.17. The van der Waals surface area contributed by atoms with Gasteiger partial charge < -0.3 is 10.1 Å². The summed E-state index contributed by atoms with van der Waals surface area (Å²) in [6.45, 7) is 7.30. The molecule has 0 bridgehead atoms. The lowest BCUT2D eigenvalue weighted by atomic mass is 9.83. The van der Waals surface area contributed by atoms with E-state index in [4.69, 9.17) is 27.9 Å². The van der Waals surface area contributed by atoms with E-state index in [0.29, 0.717) is 10.4 Å². The maximum atomic E-state index is 6.21. The molecule has 114 valence electrons.